The molecule has 19 heavy (non-hydrogen) atoms. The van der Waals surface area contributed by atoms with Gasteiger partial charge in [0.15, 0.2) is 0 Å². The van der Waals surface area contributed by atoms with Crippen molar-refractivity contribution in [1.29, 1.82) is 0 Å². The first-order valence-corrected chi connectivity index (χ1v) is 7.91. The lowest BCUT2D eigenvalue weighted by atomic mass is 10.1. The molecule has 1 aliphatic heterocycles. The van der Waals surface area contributed by atoms with E-state index in [1.807, 2.05) is 0 Å². The van der Waals surface area contributed by atoms with Gasteiger partial charge in [-0.25, -0.2) is 0 Å². The Hall–Kier alpha value is -1.02. The van der Waals surface area contributed by atoms with Gasteiger partial charge in [0, 0.05) is 31.4 Å². The molecule has 1 fully saturated rings. The van der Waals surface area contributed by atoms with Crippen molar-refractivity contribution in [2.24, 2.45) is 0 Å². The molecule has 0 aliphatic carbocycles. The summed E-state index contributed by atoms with van der Waals surface area (Å²) in [6.07, 6.45) is 6.45. The summed E-state index contributed by atoms with van der Waals surface area (Å²) in [5.74, 6) is 0. The highest BCUT2D eigenvalue weighted by molar-refractivity contribution is 5.54. The summed E-state index contributed by atoms with van der Waals surface area (Å²) in [6, 6.07) is 9.55. The maximum Gasteiger partial charge on any atom is 0.0411 e. The predicted molar refractivity (Wildman–Crippen MR) is 83.7 cm³/mol. The van der Waals surface area contributed by atoms with E-state index >= 15 is 0 Å². The van der Waals surface area contributed by atoms with Crippen molar-refractivity contribution in [3.63, 3.8) is 0 Å². The third kappa shape index (κ3) is 3.97. The SMILES string of the molecule is CCCC(CC)NCc1ccccc1N1CCCC1. The zero-order chi connectivity index (χ0) is 13.5. The summed E-state index contributed by atoms with van der Waals surface area (Å²) in [7, 11) is 0. The van der Waals surface area contributed by atoms with Gasteiger partial charge in [0.1, 0.15) is 0 Å². The molecular formula is C17H28N2. The van der Waals surface area contributed by atoms with Crippen LogP contribution in [0.25, 0.3) is 0 Å². The second kappa shape index (κ2) is 7.54. The average Bonchev–Trinajstić information content (AvgIpc) is 2.98. The monoisotopic (exact) mass is 260 g/mol. The molecule has 1 saturated heterocycles. The number of nitrogens with zero attached hydrogens (tertiary/aromatic N) is 1. The lowest BCUT2D eigenvalue weighted by Gasteiger charge is -2.23. The Kier molecular flexibility index (Phi) is 5.71. The van der Waals surface area contributed by atoms with E-state index in [1.54, 1.807) is 0 Å². The van der Waals surface area contributed by atoms with Gasteiger partial charge in [-0.2, -0.15) is 0 Å². The minimum absolute atomic E-state index is 0.664. The minimum Gasteiger partial charge on any atom is -0.371 e. The van der Waals surface area contributed by atoms with E-state index < -0.39 is 0 Å². The van der Waals surface area contributed by atoms with E-state index in [0.29, 0.717) is 6.04 Å². The van der Waals surface area contributed by atoms with Crippen molar-refractivity contribution < 1.29 is 0 Å². The van der Waals surface area contributed by atoms with E-state index in [1.165, 1.54) is 56.4 Å². The predicted octanol–water partition coefficient (Wildman–Crippen LogP) is 3.96. The van der Waals surface area contributed by atoms with E-state index in [-0.39, 0.29) is 0 Å². The quantitative estimate of drug-likeness (QED) is 0.798. The zero-order valence-electron chi connectivity index (χ0n) is 12.5. The van der Waals surface area contributed by atoms with Gasteiger partial charge < -0.3 is 10.2 Å². The van der Waals surface area contributed by atoms with E-state index in [2.05, 4.69) is 48.3 Å². The summed E-state index contributed by atoms with van der Waals surface area (Å²) < 4.78 is 0. The Morgan fingerprint density at radius 3 is 2.58 bits per heavy atom. The fourth-order valence-electron chi connectivity index (χ4n) is 2.98. The van der Waals surface area contributed by atoms with Crippen LogP contribution in [0.3, 0.4) is 0 Å². The molecule has 0 saturated carbocycles. The van der Waals surface area contributed by atoms with Crippen LogP contribution < -0.4 is 10.2 Å². The highest BCUT2D eigenvalue weighted by Crippen LogP contribution is 2.24. The molecule has 1 unspecified atom stereocenters. The summed E-state index contributed by atoms with van der Waals surface area (Å²) in [4.78, 5) is 2.54. The van der Waals surface area contributed by atoms with E-state index in [4.69, 9.17) is 0 Å². The van der Waals surface area contributed by atoms with Crippen LogP contribution in [0.2, 0.25) is 0 Å². The number of anilines is 1. The topological polar surface area (TPSA) is 15.3 Å². The fraction of sp³-hybridized carbons (Fsp3) is 0.647. The average molecular weight is 260 g/mol. The molecule has 0 amide bonds. The van der Waals surface area contributed by atoms with Crippen LogP contribution in [0.1, 0.15) is 51.5 Å². The first-order valence-electron chi connectivity index (χ1n) is 7.91. The van der Waals surface area contributed by atoms with Crippen molar-refractivity contribution in [2.45, 2.75) is 58.5 Å². The second-order valence-corrected chi connectivity index (χ2v) is 5.60. The smallest absolute Gasteiger partial charge is 0.0411 e. The number of hydrogen-bond acceptors (Lipinski definition) is 2. The minimum atomic E-state index is 0.664. The molecule has 2 heteroatoms. The Morgan fingerprint density at radius 2 is 1.89 bits per heavy atom. The van der Waals surface area contributed by atoms with Crippen molar-refractivity contribution in [2.75, 3.05) is 18.0 Å². The lowest BCUT2D eigenvalue weighted by molar-refractivity contribution is 0.462. The molecule has 0 bridgehead atoms. The van der Waals surface area contributed by atoms with Crippen LogP contribution in [0.15, 0.2) is 24.3 Å². The second-order valence-electron chi connectivity index (χ2n) is 5.60. The fourth-order valence-corrected chi connectivity index (χ4v) is 2.98. The molecular weight excluding hydrogens is 232 g/mol. The molecule has 1 atom stereocenters. The molecule has 106 valence electrons. The summed E-state index contributed by atoms with van der Waals surface area (Å²) in [5.41, 5.74) is 2.90. The molecule has 1 aromatic rings. The van der Waals surface area contributed by atoms with Crippen molar-refractivity contribution in [1.82, 2.24) is 5.32 Å². The van der Waals surface area contributed by atoms with Crippen molar-refractivity contribution >= 4 is 5.69 Å². The first-order chi connectivity index (χ1) is 9.35. The highest BCUT2D eigenvalue weighted by Gasteiger charge is 2.15. The van der Waals surface area contributed by atoms with Crippen LogP contribution in [0.5, 0.6) is 0 Å². The largest absolute Gasteiger partial charge is 0.371 e. The highest BCUT2D eigenvalue weighted by atomic mass is 15.1. The van der Waals surface area contributed by atoms with E-state index in [0.717, 1.165) is 6.54 Å². The Morgan fingerprint density at radius 1 is 1.16 bits per heavy atom. The Labute approximate surface area is 118 Å². The van der Waals surface area contributed by atoms with Crippen molar-refractivity contribution in [3.05, 3.63) is 29.8 Å². The van der Waals surface area contributed by atoms with Gasteiger partial charge in [-0.05, 0) is 37.3 Å². The summed E-state index contributed by atoms with van der Waals surface area (Å²) in [6.45, 7) is 8.00. The van der Waals surface area contributed by atoms with E-state index in [9.17, 15) is 0 Å². The van der Waals surface area contributed by atoms with Crippen LogP contribution in [-0.2, 0) is 6.54 Å². The van der Waals surface area contributed by atoms with Crippen LogP contribution in [0, 0.1) is 0 Å². The number of para-hydroxylation sites is 1. The van der Waals surface area contributed by atoms with Crippen molar-refractivity contribution in [3.8, 4) is 0 Å². The number of benzene rings is 1. The summed E-state index contributed by atoms with van der Waals surface area (Å²) in [5, 5.41) is 3.72. The number of rotatable bonds is 7. The van der Waals surface area contributed by atoms with Gasteiger partial charge in [-0.1, -0.05) is 38.5 Å². The number of hydrogen-bond donors (Lipinski definition) is 1. The van der Waals surface area contributed by atoms with Crippen LogP contribution in [-0.4, -0.2) is 19.1 Å². The molecule has 1 aromatic carbocycles. The lowest BCUT2D eigenvalue weighted by Crippen LogP contribution is -2.29. The normalized spacial score (nSPS) is 16.8. The van der Waals surface area contributed by atoms with Crippen LogP contribution >= 0.6 is 0 Å². The molecule has 1 heterocycles. The van der Waals surface area contributed by atoms with Gasteiger partial charge in [-0.3, -0.25) is 0 Å². The molecule has 0 radical (unpaired) electrons. The first kappa shape index (κ1) is 14.4. The third-order valence-corrected chi connectivity index (χ3v) is 4.15. The molecule has 2 nitrogen and oxygen atoms in total. The summed E-state index contributed by atoms with van der Waals surface area (Å²) >= 11 is 0. The standard InChI is InChI=1S/C17H28N2/c1-3-9-16(4-2)18-14-15-10-5-6-11-17(15)19-12-7-8-13-19/h5-6,10-11,16,18H,3-4,7-9,12-14H2,1-2H3. The van der Waals surface area contributed by atoms with Gasteiger partial charge in [0.05, 0.1) is 0 Å². The van der Waals surface area contributed by atoms with Gasteiger partial charge in [0.2, 0.25) is 0 Å². The Balaban J connectivity index is 1.99. The van der Waals surface area contributed by atoms with Gasteiger partial charge >= 0.3 is 0 Å². The number of nitrogens with one attached hydrogen (secondary N) is 1. The van der Waals surface area contributed by atoms with Gasteiger partial charge in [-0.15, -0.1) is 0 Å². The molecule has 1 aliphatic rings. The Bertz CT molecular complexity index is 369. The molecule has 0 aromatic heterocycles. The maximum atomic E-state index is 3.72. The molecule has 2 rings (SSSR count). The van der Waals surface area contributed by atoms with Crippen LogP contribution in [0.4, 0.5) is 5.69 Å². The third-order valence-electron chi connectivity index (χ3n) is 4.15. The zero-order valence-corrected chi connectivity index (χ0v) is 12.5. The van der Waals surface area contributed by atoms with Gasteiger partial charge in [0.25, 0.3) is 0 Å². The molecule has 0 spiro atoms. The maximum absolute atomic E-state index is 3.72. The molecule has 1 N–H and O–H groups in total.